The average Bonchev–Trinajstić information content (AvgIpc) is 2.89. The van der Waals surface area contributed by atoms with E-state index in [1.165, 1.54) is 5.56 Å². The highest BCUT2D eigenvalue weighted by Gasteiger charge is 2.34. The first kappa shape index (κ1) is 27.1. The molecular formula is C26H31N3O6S. The summed E-state index contributed by atoms with van der Waals surface area (Å²) in [5, 5.41) is 5.48. The third-order valence-corrected chi connectivity index (χ3v) is 5.90. The van der Waals surface area contributed by atoms with E-state index < -0.39 is 17.9 Å². The van der Waals surface area contributed by atoms with E-state index in [1.54, 1.807) is 36.3 Å². The highest BCUT2D eigenvalue weighted by Crippen LogP contribution is 2.14. The molecular weight excluding hydrogens is 482 g/mol. The lowest BCUT2D eigenvalue weighted by atomic mass is 10.1. The fourth-order valence-corrected chi connectivity index (χ4v) is 3.98. The van der Waals surface area contributed by atoms with E-state index in [2.05, 4.69) is 10.6 Å². The molecule has 192 valence electrons. The molecule has 0 aromatic heterocycles. The van der Waals surface area contributed by atoms with Crippen molar-refractivity contribution in [3.8, 4) is 5.75 Å². The Kier molecular flexibility index (Phi) is 10.7. The summed E-state index contributed by atoms with van der Waals surface area (Å²) in [4.78, 5) is 39.2. The Morgan fingerprint density at radius 3 is 2.56 bits per heavy atom. The fraction of sp³-hybridized carbons (Fsp3) is 0.385. The van der Waals surface area contributed by atoms with Gasteiger partial charge in [0.2, 0.25) is 5.91 Å². The maximum atomic E-state index is 12.7. The first-order chi connectivity index (χ1) is 17.5. The molecule has 1 unspecified atom stereocenters. The minimum atomic E-state index is -0.857. The topological polar surface area (TPSA) is 106 Å². The maximum absolute atomic E-state index is 12.7. The molecule has 0 aliphatic carbocycles. The Morgan fingerprint density at radius 1 is 1.08 bits per heavy atom. The molecule has 1 heterocycles. The summed E-state index contributed by atoms with van der Waals surface area (Å²) in [7, 11) is 1.59. The van der Waals surface area contributed by atoms with Crippen LogP contribution in [0.2, 0.25) is 0 Å². The molecule has 0 radical (unpaired) electrons. The summed E-state index contributed by atoms with van der Waals surface area (Å²) in [5.74, 6) is -0.636. The predicted octanol–water partition coefficient (Wildman–Crippen LogP) is 2.09. The number of carbonyl (C=O) groups is 3. The van der Waals surface area contributed by atoms with E-state index in [0.29, 0.717) is 44.0 Å². The molecule has 0 bridgehead atoms. The number of hydrogen-bond acceptors (Lipinski definition) is 7. The number of nitrogens with one attached hydrogen (secondary N) is 2. The van der Waals surface area contributed by atoms with E-state index in [1.807, 2.05) is 30.3 Å². The molecule has 1 aliphatic heterocycles. The van der Waals surface area contributed by atoms with Gasteiger partial charge in [-0.15, -0.1) is 0 Å². The van der Waals surface area contributed by atoms with Gasteiger partial charge in [0.15, 0.2) is 5.11 Å². The van der Waals surface area contributed by atoms with Gasteiger partial charge >= 0.3 is 5.97 Å². The molecule has 0 spiro atoms. The van der Waals surface area contributed by atoms with Gasteiger partial charge in [0.1, 0.15) is 18.4 Å². The van der Waals surface area contributed by atoms with E-state index in [-0.39, 0.29) is 24.0 Å². The molecule has 1 saturated heterocycles. The Bertz CT molecular complexity index is 1030. The molecule has 1 fully saturated rings. The predicted molar refractivity (Wildman–Crippen MR) is 138 cm³/mol. The van der Waals surface area contributed by atoms with Crippen molar-refractivity contribution in [1.29, 1.82) is 0 Å². The van der Waals surface area contributed by atoms with Crippen LogP contribution in [0.5, 0.6) is 5.75 Å². The first-order valence-electron chi connectivity index (χ1n) is 11.8. The van der Waals surface area contributed by atoms with E-state index in [9.17, 15) is 14.4 Å². The van der Waals surface area contributed by atoms with Crippen molar-refractivity contribution in [1.82, 2.24) is 15.5 Å². The number of nitrogens with zero attached hydrogens (tertiary/aromatic N) is 1. The van der Waals surface area contributed by atoms with Crippen molar-refractivity contribution in [2.45, 2.75) is 25.3 Å². The van der Waals surface area contributed by atoms with Gasteiger partial charge in [0, 0.05) is 25.8 Å². The number of benzene rings is 2. The Morgan fingerprint density at radius 2 is 1.83 bits per heavy atom. The number of hydrogen-bond donors (Lipinski definition) is 2. The van der Waals surface area contributed by atoms with Crippen LogP contribution in [0.4, 0.5) is 0 Å². The van der Waals surface area contributed by atoms with Crippen LogP contribution in [0.25, 0.3) is 0 Å². The summed E-state index contributed by atoms with van der Waals surface area (Å²) in [5.41, 5.74) is 1.55. The molecule has 1 aliphatic rings. The molecule has 3 rings (SSSR count). The van der Waals surface area contributed by atoms with Crippen LogP contribution in [-0.4, -0.2) is 73.9 Å². The van der Waals surface area contributed by atoms with Crippen LogP contribution in [-0.2, 0) is 25.5 Å². The van der Waals surface area contributed by atoms with E-state index in [4.69, 9.17) is 26.4 Å². The summed E-state index contributed by atoms with van der Waals surface area (Å²) in [6, 6.07) is 15.7. The zero-order valence-electron chi connectivity index (χ0n) is 20.2. The molecule has 2 aromatic rings. The van der Waals surface area contributed by atoms with Crippen molar-refractivity contribution >= 4 is 35.1 Å². The maximum Gasteiger partial charge on any atom is 0.308 e. The van der Waals surface area contributed by atoms with Crippen molar-refractivity contribution in [3.05, 3.63) is 65.7 Å². The summed E-state index contributed by atoms with van der Waals surface area (Å²) in [6.45, 7) is 1.84. The molecule has 9 nitrogen and oxygen atoms in total. The highest BCUT2D eigenvalue weighted by molar-refractivity contribution is 7.80. The Hall–Kier alpha value is -3.50. The molecule has 10 heteroatoms. The number of amides is 2. The van der Waals surface area contributed by atoms with Gasteiger partial charge in [-0.2, -0.15) is 0 Å². The molecule has 2 amide bonds. The second-order valence-electron chi connectivity index (χ2n) is 8.14. The van der Waals surface area contributed by atoms with Gasteiger partial charge in [-0.1, -0.05) is 30.3 Å². The number of piperazine rings is 1. The molecule has 0 saturated carbocycles. The standard InChI is InChI=1S/C26H31N3O6S/c1-33-16-17-34-21-11-9-20(10-12-21)24(31)28-26(36)29-14-13-27-25(32)22(29)18-23(30)35-15-5-8-19-6-3-2-4-7-19/h2-4,6-7,9-12,22H,5,8,13-18H2,1H3,(H,27,32)(H,28,31,36). The van der Waals surface area contributed by atoms with Crippen LogP contribution in [0, 0.1) is 0 Å². The zero-order chi connectivity index (χ0) is 25.8. The van der Waals surface area contributed by atoms with Crippen molar-refractivity contribution in [3.63, 3.8) is 0 Å². The number of aryl methyl sites for hydroxylation is 1. The molecule has 1 atom stereocenters. The SMILES string of the molecule is COCCOc1ccc(C(=O)NC(=S)N2CCNC(=O)C2CC(=O)OCCCc2ccccc2)cc1. The lowest BCUT2D eigenvalue weighted by molar-refractivity contribution is -0.147. The molecule has 2 N–H and O–H groups in total. The van der Waals surface area contributed by atoms with Crippen LogP contribution in [0.3, 0.4) is 0 Å². The average molecular weight is 514 g/mol. The van der Waals surface area contributed by atoms with Gasteiger partial charge in [-0.05, 0) is 54.9 Å². The van der Waals surface area contributed by atoms with Crippen LogP contribution >= 0.6 is 12.2 Å². The number of rotatable bonds is 11. The zero-order valence-corrected chi connectivity index (χ0v) is 21.1. The molecule has 2 aromatic carbocycles. The quantitative estimate of drug-likeness (QED) is 0.267. The van der Waals surface area contributed by atoms with Gasteiger partial charge in [0.05, 0.1) is 19.6 Å². The lowest BCUT2D eigenvalue weighted by Crippen LogP contribution is -2.60. The number of methoxy groups -OCH3 is 1. The van der Waals surface area contributed by atoms with Crippen molar-refractivity contribution < 1.29 is 28.6 Å². The first-order valence-corrected chi connectivity index (χ1v) is 12.2. The summed E-state index contributed by atoms with van der Waals surface area (Å²) in [6.07, 6.45) is 1.31. The smallest absolute Gasteiger partial charge is 0.308 e. The van der Waals surface area contributed by atoms with Crippen molar-refractivity contribution in [2.75, 3.05) is 40.0 Å². The number of ether oxygens (including phenoxy) is 3. The summed E-state index contributed by atoms with van der Waals surface area (Å²) < 4.78 is 15.8. The normalized spacial score (nSPS) is 15.1. The Labute approximate surface area is 216 Å². The summed E-state index contributed by atoms with van der Waals surface area (Å²) >= 11 is 5.41. The van der Waals surface area contributed by atoms with Crippen LogP contribution < -0.4 is 15.4 Å². The second-order valence-corrected chi connectivity index (χ2v) is 8.53. The minimum Gasteiger partial charge on any atom is -0.491 e. The van der Waals surface area contributed by atoms with E-state index >= 15 is 0 Å². The number of thiocarbonyl (C=S) groups is 1. The largest absolute Gasteiger partial charge is 0.491 e. The monoisotopic (exact) mass is 513 g/mol. The Balaban J connectivity index is 1.49. The van der Waals surface area contributed by atoms with Gasteiger partial charge in [0.25, 0.3) is 5.91 Å². The van der Waals surface area contributed by atoms with Gasteiger partial charge in [-0.25, -0.2) is 0 Å². The van der Waals surface area contributed by atoms with Crippen LogP contribution in [0.1, 0.15) is 28.8 Å². The second kappa shape index (κ2) is 14.2. The molecule has 36 heavy (non-hydrogen) atoms. The van der Waals surface area contributed by atoms with E-state index in [0.717, 1.165) is 6.42 Å². The van der Waals surface area contributed by atoms with Crippen molar-refractivity contribution in [2.24, 2.45) is 0 Å². The lowest BCUT2D eigenvalue weighted by Gasteiger charge is -2.36. The van der Waals surface area contributed by atoms with Gasteiger partial charge in [-0.3, -0.25) is 19.7 Å². The number of esters is 1. The number of carbonyl (C=O) groups excluding carboxylic acids is 3. The third kappa shape index (κ3) is 8.31. The highest BCUT2D eigenvalue weighted by atomic mass is 32.1. The minimum absolute atomic E-state index is 0.0807. The fourth-order valence-electron chi connectivity index (χ4n) is 3.67. The third-order valence-electron chi connectivity index (χ3n) is 5.56. The van der Waals surface area contributed by atoms with Gasteiger partial charge < -0.3 is 24.4 Å². The van der Waals surface area contributed by atoms with Crippen LogP contribution in [0.15, 0.2) is 54.6 Å².